The summed E-state index contributed by atoms with van der Waals surface area (Å²) < 4.78 is 5.39. The molecule has 0 atom stereocenters. The summed E-state index contributed by atoms with van der Waals surface area (Å²) in [6.45, 7) is 4.22. The zero-order valence-electron chi connectivity index (χ0n) is 14.1. The Balaban J connectivity index is 1.73. The molecule has 0 saturated carbocycles. The van der Waals surface area contributed by atoms with E-state index in [1.807, 2.05) is 36.4 Å². The minimum Gasteiger partial charge on any atom is -0.496 e. The second kappa shape index (κ2) is 6.74. The number of methoxy groups -OCH3 is 1. The number of ether oxygens (including phenoxy) is 1. The van der Waals surface area contributed by atoms with Crippen molar-refractivity contribution in [3.63, 3.8) is 0 Å². The predicted octanol–water partition coefficient (Wildman–Crippen LogP) is 3.88. The Morgan fingerprint density at radius 1 is 1.25 bits per heavy atom. The summed E-state index contributed by atoms with van der Waals surface area (Å²) in [5, 5.41) is 10.8. The van der Waals surface area contributed by atoms with Crippen molar-refractivity contribution in [3.05, 3.63) is 53.7 Å². The molecule has 5 heteroatoms. The van der Waals surface area contributed by atoms with E-state index in [0.29, 0.717) is 12.3 Å². The molecule has 1 amide bonds. The lowest BCUT2D eigenvalue weighted by atomic mass is 9.98. The lowest BCUT2D eigenvalue weighted by molar-refractivity contribution is -0.115. The number of aromatic nitrogens is 2. The summed E-state index contributed by atoms with van der Waals surface area (Å²) in [5.41, 5.74) is 3.75. The van der Waals surface area contributed by atoms with Gasteiger partial charge >= 0.3 is 0 Å². The largest absolute Gasteiger partial charge is 0.496 e. The van der Waals surface area contributed by atoms with E-state index in [1.54, 1.807) is 13.3 Å². The van der Waals surface area contributed by atoms with Crippen LogP contribution in [-0.4, -0.2) is 23.2 Å². The lowest BCUT2D eigenvalue weighted by Crippen LogP contribution is -2.14. The number of fused-ring (bicyclic) bond motifs is 1. The van der Waals surface area contributed by atoms with Gasteiger partial charge in [-0.2, -0.15) is 5.10 Å². The molecule has 3 rings (SSSR count). The van der Waals surface area contributed by atoms with Gasteiger partial charge in [-0.1, -0.05) is 26.0 Å². The summed E-state index contributed by atoms with van der Waals surface area (Å²) in [6.07, 6.45) is 2.08. The number of H-pyrrole nitrogens is 1. The Kier molecular flexibility index (Phi) is 4.51. The summed E-state index contributed by atoms with van der Waals surface area (Å²) in [6, 6.07) is 11.6. The SMILES string of the molecule is COc1ccc(CC(=O)Nc2ccc3cn[nH]c3c2)cc1C(C)C. The van der Waals surface area contributed by atoms with Crippen LogP contribution in [0.4, 0.5) is 5.69 Å². The van der Waals surface area contributed by atoms with Gasteiger partial charge in [-0.05, 0) is 41.3 Å². The van der Waals surface area contributed by atoms with Crippen molar-refractivity contribution >= 4 is 22.5 Å². The van der Waals surface area contributed by atoms with Crippen LogP contribution in [-0.2, 0) is 11.2 Å². The average molecular weight is 323 g/mol. The molecule has 3 aromatic rings. The van der Waals surface area contributed by atoms with Crippen molar-refractivity contribution in [2.45, 2.75) is 26.2 Å². The quantitative estimate of drug-likeness (QED) is 0.749. The molecule has 0 unspecified atom stereocenters. The molecule has 5 nitrogen and oxygen atoms in total. The number of aromatic amines is 1. The zero-order valence-corrected chi connectivity index (χ0v) is 14.1. The molecule has 0 bridgehead atoms. The second-order valence-corrected chi connectivity index (χ2v) is 6.13. The van der Waals surface area contributed by atoms with Crippen LogP contribution in [0.15, 0.2) is 42.6 Å². The van der Waals surface area contributed by atoms with E-state index in [9.17, 15) is 4.79 Å². The van der Waals surface area contributed by atoms with Gasteiger partial charge in [-0.25, -0.2) is 0 Å². The fourth-order valence-electron chi connectivity index (χ4n) is 2.75. The normalized spacial score (nSPS) is 11.0. The van der Waals surface area contributed by atoms with Crippen LogP contribution in [0.25, 0.3) is 10.9 Å². The van der Waals surface area contributed by atoms with Crippen molar-refractivity contribution in [1.82, 2.24) is 10.2 Å². The van der Waals surface area contributed by atoms with Gasteiger partial charge < -0.3 is 10.1 Å². The van der Waals surface area contributed by atoms with Crippen molar-refractivity contribution < 1.29 is 9.53 Å². The number of benzene rings is 2. The van der Waals surface area contributed by atoms with E-state index in [0.717, 1.165) is 33.5 Å². The van der Waals surface area contributed by atoms with E-state index >= 15 is 0 Å². The summed E-state index contributed by atoms with van der Waals surface area (Å²) in [4.78, 5) is 12.3. The highest BCUT2D eigenvalue weighted by Gasteiger charge is 2.11. The first kappa shape index (κ1) is 16.1. The molecule has 0 spiro atoms. The van der Waals surface area contributed by atoms with Crippen LogP contribution in [0.1, 0.15) is 30.9 Å². The number of amides is 1. The van der Waals surface area contributed by atoms with E-state index in [4.69, 9.17) is 4.74 Å². The number of carbonyl (C=O) groups is 1. The first-order valence-electron chi connectivity index (χ1n) is 7.96. The number of nitrogens with zero attached hydrogens (tertiary/aromatic N) is 1. The maximum atomic E-state index is 12.3. The monoisotopic (exact) mass is 323 g/mol. The average Bonchev–Trinajstić information content (AvgIpc) is 3.02. The first-order chi connectivity index (χ1) is 11.6. The van der Waals surface area contributed by atoms with Gasteiger partial charge in [0.25, 0.3) is 0 Å². The Labute approximate surface area is 141 Å². The van der Waals surface area contributed by atoms with Crippen LogP contribution in [0, 0.1) is 0 Å². The maximum Gasteiger partial charge on any atom is 0.228 e. The van der Waals surface area contributed by atoms with Crippen LogP contribution >= 0.6 is 0 Å². The Morgan fingerprint density at radius 3 is 2.83 bits per heavy atom. The highest BCUT2D eigenvalue weighted by molar-refractivity contribution is 5.94. The number of hydrogen-bond acceptors (Lipinski definition) is 3. The molecule has 0 aliphatic heterocycles. The maximum absolute atomic E-state index is 12.3. The molecular formula is C19H21N3O2. The fraction of sp³-hybridized carbons (Fsp3) is 0.263. The third-order valence-electron chi connectivity index (χ3n) is 4.01. The third-order valence-corrected chi connectivity index (χ3v) is 4.01. The molecule has 1 aromatic heterocycles. The van der Waals surface area contributed by atoms with E-state index in [-0.39, 0.29) is 5.91 Å². The first-order valence-corrected chi connectivity index (χ1v) is 7.96. The van der Waals surface area contributed by atoms with Gasteiger partial charge in [-0.3, -0.25) is 9.89 Å². The van der Waals surface area contributed by atoms with Gasteiger partial charge in [0.15, 0.2) is 0 Å². The van der Waals surface area contributed by atoms with Crippen molar-refractivity contribution in [2.24, 2.45) is 0 Å². The van der Waals surface area contributed by atoms with E-state index < -0.39 is 0 Å². The van der Waals surface area contributed by atoms with Gasteiger partial charge in [0.1, 0.15) is 5.75 Å². The smallest absolute Gasteiger partial charge is 0.228 e. The molecule has 0 saturated heterocycles. The molecule has 0 radical (unpaired) electrons. The van der Waals surface area contributed by atoms with Crippen LogP contribution < -0.4 is 10.1 Å². The molecule has 0 aliphatic carbocycles. The molecular weight excluding hydrogens is 302 g/mol. The zero-order chi connectivity index (χ0) is 17.1. The lowest BCUT2D eigenvalue weighted by Gasteiger charge is -2.13. The predicted molar refractivity (Wildman–Crippen MR) is 95.5 cm³/mol. The van der Waals surface area contributed by atoms with Crippen molar-refractivity contribution in [3.8, 4) is 5.75 Å². The van der Waals surface area contributed by atoms with Crippen molar-refractivity contribution in [2.75, 3.05) is 12.4 Å². The van der Waals surface area contributed by atoms with Crippen LogP contribution in [0.2, 0.25) is 0 Å². The number of anilines is 1. The van der Waals surface area contributed by atoms with E-state index in [2.05, 4.69) is 29.4 Å². The number of carbonyl (C=O) groups excluding carboxylic acids is 1. The van der Waals surface area contributed by atoms with Crippen LogP contribution in [0.5, 0.6) is 5.75 Å². The third kappa shape index (κ3) is 3.40. The molecule has 2 N–H and O–H groups in total. The number of nitrogens with one attached hydrogen (secondary N) is 2. The second-order valence-electron chi connectivity index (χ2n) is 6.13. The number of rotatable bonds is 5. The van der Waals surface area contributed by atoms with Crippen molar-refractivity contribution in [1.29, 1.82) is 0 Å². The molecule has 124 valence electrons. The summed E-state index contributed by atoms with van der Waals surface area (Å²) >= 11 is 0. The highest BCUT2D eigenvalue weighted by atomic mass is 16.5. The minimum absolute atomic E-state index is 0.0475. The number of hydrogen-bond donors (Lipinski definition) is 2. The molecule has 2 aromatic carbocycles. The van der Waals surface area contributed by atoms with Gasteiger partial charge in [0, 0.05) is 11.1 Å². The standard InChI is InChI=1S/C19H21N3O2/c1-12(2)16-8-13(4-7-18(16)24-3)9-19(23)21-15-6-5-14-11-20-22-17(14)10-15/h4-8,10-12H,9H2,1-3H3,(H,20,22)(H,21,23). The fourth-order valence-corrected chi connectivity index (χ4v) is 2.75. The minimum atomic E-state index is -0.0475. The molecule has 0 aliphatic rings. The highest BCUT2D eigenvalue weighted by Crippen LogP contribution is 2.27. The van der Waals surface area contributed by atoms with Gasteiger partial charge in [0.05, 0.1) is 25.2 Å². The Morgan fingerprint density at radius 2 is 2.08 bits per heavy atom. The molecule has 1 heterocycles. The molecule has 24 heavy (non-hydrogen) atoms. The van der Waals surface area contributed by atoms with Gasteiger partial charge in [-0.15, -0.1) is 0 Å². The van der Waals surface area contributed by atoms with Crippen LogP contribution in [0.3, 0.4) is 0 Å². The topological polar surface area (TPSA) is 67.0 Å². The molecule has 0 fully saturated rings. The van der Waals surface area contributed by atoms with Gasteiger partial charge in [0.2, 0.25) is 5.91 Å². The Hall–Kier alpha value is -2.82. The summed E-state index contributed by atoms with van der Waals surface area (Å²) in [5.74, 6) is 1.15. The summed E-state index contributed by atoms with van der Waals surface area (Å²) in [7, 11) is 1.67. The van der Waals surface area contributed by atoms with E-state index in [1.165, 1.54) is 0 Å². The Bertz CT molecular complexity index is 868.